The lowest BCUT2D eigenvalue weighted by Gasteiger charge is -2.24. The van der Waals surface area contributed by atoms with Gasteiger partial charge in [0.05, 0.1) is 23.8 Å². The number of ether oxygens (including phenoxy) is 3. The molecule has 0 bridgehead atoms. The number of rotatable bonds is 20. The van der Waals surface area contributed by atoms with Crippen molar-refractivity contribution in [1.82, 2.24) is 15.2 Å². The van der Waals surface area contributed by atoms with Gasteiger partial charge < -0.3 is 34.8 Å². The number of aliphatic carboxylic acids is 1. The largest absolute Gasteiger partial charge is 0.493 e. The number of carboxylic acid groups (broad SMARTS) is 1. The summed E-state index contributed by atoms with van der Waals surface area (Å²) in [5.41, 5.74) is 5.45. The smallest absolute Gasteiger partial charge is 0.317 e. The maximum atomic E-state index is 11.9. The quantitative estimate of drug-likeness (QED) is 0.0449. The van der Waals surface area contributed by atoms with E-state index in [0.717, 1.165) is 65.1 Å². The molecule has 0 spiro atoms. The van der Waals surface area contributed by atoms with Crippen LogP contribution in [0, 0.1) is 30.6 Å². The van der Waals surface area contributed by atoms with E-state index in [1.165, 1.54) is 12.3 Å². The second-order valence-corrected chi connectivity index (χ2v) is 15.6. The Bertz CT molecular complexity index is 2330. The van der Waals surface area contributed by atoms with Gasteiger partial charge in [0.25, 0.3) is 0 Å². The maximum absolute atomic E-state index is 11.9. The van der Waals surface area contributed by atoms with E-state index in [1.807, 2.05) is 54.6 Å². The van der Waals surface area contributed by atoms with Crippen LogP contribution < -0.4 is 19.5 Å². The predicted molar refractivity (Wildman–Crippen MR) is 231 cm³/mol. The number of halogens is 1. The van der Waals surface area contributed by atoms with Crippen molar-refractivity contribution in [3.05, 3.63) is 154 Å². The third-order valence-corrected chi connectivity index (χ3v) is 11.5. The van der Waals surface area contributed by atoms with Crippen LogP contribution in [0.3, 0.4) is 0 Å². The molecule has 312 valence electrons. The minimum atomic E-state index is -1.57. The van der Waals surface area contributed by atoms with Gasteiger partial charge in [0.1, 0.15) is 47.5 Å². The fraction of sp³-hybridized carbons (Fsp3) is 0.312. The summed E-state index contributed by atoms with van der Waals surface area (Å²) in [5.74, 6) is 0.444. The molecule has 0 amide bonds. The molecular weight excluding hydrogens is 780 g/mol. The first-order valence-electron chi connectivity index (χ1n) is 19.9. The summed E-state index contributed by atoms with van der Waals surface area (Å²) in [6.07, 6.45) is 5.85. The second-order valence-electron chi connectivity index (χ2n) is 15.2. The molecule has 1 aliphatic heterocycles. The number of aliphatic hydroxyl groups excluding tert-OH is 1. The van der Waals surface area contributed by atoms with Gasteiger partial charge in [-0.05, 0) is 78.3 Å². The van der Waals surface area contributed by atoms with E-state index in [-0.39, 0.29) is 26.3 Å². The summed E-state index contributed by atoms with van der Waals surface area (Å²) in [6, 6.07) is 29.3. The van der Waals surface area contributed by atoms with Crippen molar-refractivity contribution < 1.29 is 34.3 Å². The predicted octanol–water partition coefficient (Wildman–Crippen LogP) is 7.75. The number of hydrogen-bond acceptors (Lipinski definition) is 10. The zero-order chi connectivity index (χ0) is 42.7. The van der Waals surface area contributed by atoms with Crippen molar-refractivity contribution in [2.24, 2.45) is 5.41 Å². The fourth-order valence-corrected chi connectivity index (χ4v) is 7.70. The van der Waals surface area contributed by atoms with Gasteiger partial charge in [-0.2, -0.15) is 5.26 Å². The van der Waals surface area contributed by atoms with Gasteiger partial charge >= 0.3 is 5.97 Å². The Morgan fingerprint density at radius 2 is 1.72 bits per heavy atom. The molecule has 1 saturated heterocycles. The summed E-state index contributed by atoms with van der Waals surface area (Å²) in [6.45, 7) is 10.4. The fourth-order valence-electron chi connectivity index (χ4n) is 7.46. The van der Waals surface area contributed by atoms with Crippen LogP contribution in [-0.4, -0.2) is 70.6 Å². The highest BCUT2D eigenvalue weighted by Crippen LogP contribution is 2.37. The van der Waals surface area contributed by atoms with Crippen molar-refractivity contribution in [2.75, 3.05) is 39.4 Å². The highest BCUT2D eigenvalue weighted by Gasteiger charge is 2.37. The van der Waals surface area contributed by atoms with Crippen molar-refractivity contribution in [3.8, 4) is 34.4 Å². The Morgan fingerprint density at radius 3 is 2.45 bits per heavy atom. The zero-order valence-corrected chi connectivity index (χ0v) is 34.8. The number of carboxylic acids is 1. The molecule has 4 N–H and O–H groups in total. The number of aromatic nitrogens is 1. The number of hydrogen-bond donors (Lipinski definition) is 4. The molecular formula is C48H51ClN4O7. The molecule has 11 nitrogen and oxygen atoms in total. The van der Waals surface area contributed by atoms with Crippen LogP contribution in [-0.2, 0) is 30.2 Å². The van der Waals surface area contributed by atoms with E-state index in [4.69, 9.17) is 25.8 Å². The first kappa shape index (κ1) is 43.8. The normalized spacial score (nSPS) is 16.1. The lowest BCUT2D eigenvalue weighted by atomic mass is 9.89. The Kier molecular flexibility index (Phi) is 14.6. The molecule has 12 heteroatoms. The molecule has 5 aromatic rings. The zero-order valence-electron chi connectivity index (χ0n) is 34.0. The van der Waals surface area contributed by atoms with E-state index in [9.17, 15) is 25.4 Å². The topological polar surface area (TPSA) is 157 Å². The van der Waals surface area contributed by atoms with Gasteiger partial charge in [0.2, 0.25) is 0 Å². The third-order valence-electron chi connectivity index (χ3n) is 11.2. The Labute approximate surface area is 356 Å². The minimum Gasteiger partial charge on any atom is -0.493 e. The maximum Gasteiger partial charge on any atom is 0.317 e. The van der Waals surface area contributed by atoms with Crippen molar-refractivity contribution >= 4 is 17.6 Å². The number of β-amino-alcohol motifs (C(OH)–C–C–N with tert-alkyl or cyclic N) is 1. The Balaban J connectivity index is 1.12. The standard InChI is InChI=1S/C48H51ClN4O7/c1-4-47(32-54,46(55)56)30-52-27-38-22-42(49)45(23-44(38)59-28-36-21-35(24-50)25-51-26-36)60-29-37-11-8-14-40(33(37)2)41-15-9-16-43(34(41)3)58-20-10-18-53-19-17-48(57,31-53)39-12-6-5-7-13-39/h4-9,11-16,21-23,25-26,52,54,57H,1,10,17-20,27-32H2,2-3H3,(H,55,56)/t47-,48?/m0/s1. The number of pyridine rings is 1. The summed E-state index contributed by atoms with van der Waals surface area (Å²) in [7, 11) is 0. The number of nitrogens with zero attached hydrogens (tertiary/aromatic N) is 3. The van der Waals surface area contributed by atoms with Crippen LogP contribution in [0.2, 0.25) is 5.02 Å². The summed E-state index contributed by atoms with van der Waals surface area (Å²) in [4.78, 5) is 18.3. The van der Waals surface area contributed by atoms with Gasteiger partial charge in [-0.25, -0.2) is 0 Å². The first-order chi connectivity index (χ1) is 29.0. The van der Waals surface area contributed by atoms with E-state index in [1.54, 1.807) is 24.4 Å². The molecule has 60 heavy (non-hydrogen) atoms. The number of aliphatic hydroxyl groups is 2. The molecule has 0 radical (unpaired) electrons. The number of benzene rings is 4. The average molecular weight is 831 g/mol. The van der Waals surface area contributed by atoms with Crippen molar-refractivity contribution in [2.45, 2.75) is 52.0 Å². The lowest BCUT2D eigenvalue weighted by Crippen LogP contribution is -2.42. The monoisotopic (exact) mass is 830 g/mol. The number of nitriles is 1. The van der Waals surface area contributed by atoms with E-state index in [0.29, 0.717) is 46.4 Å². The lowest BCUT2D eigenvalue weighted by molar-refractivity contribution is -0.147. The van der Waals surface area contributed by atoms with E-state index in [2.05, 4.69) is 53.8 Å². The van der Waals surface area contributed by atoms with Gasteiger partial charge in [0.15, 0.2) is 0 Å². The summed E-state index contributed by atoms with van der Waals surface area (Å²) in [5, 5.41) is 43.5. The van der Waals surface area contributed by atoms with Crippen LogP contribution in [0.5, 0.6) is 17.2 Å². The third kappa shape index (κ3) is 10.3. The average Bonchev–Trinajstić information content (AvgIpc) is 3.66. The van der Waals surface area contributed by atoms with Crippen LogP contribution in [0.15, 0.2) is 110 Å². The highest BCUT2D eigenvalue weighted by molar-refractivity contribution is 6.32. The molecule has 2 heterocycles. The molecule has 2 atom stereocenters. The van der Waals surface area contributed by atoms with E-state index >= 15 is 0 Å². The van der Waals surface area contributed by atoms with Gasteiger partial charge in [-0.3, -0.25) is 14.7 Å². The molecule has 4 aromatic carbocycles. The van der Waals surface area contributed by atoms with Gasteiger partial charge in [-0.15, -0.1) is 6.58 Å². The summed E-state index contributed by atoms with van der Waals surface area (Å²) < 4.78 is 18.9. The molecule has 6 rings (SSSR count). The number of likely N-dealkylation sites (tertiary alicyclic amines) is 1. The van der Waals surface area contributed by atoms with Crippen molar-refractivity contribution in [3.63, 3.8) is 0 Å². The molecule has 1 aliphatic rings. The highest BCUT2D eigenvalue weighted by atomic mass is 35.5. The molecule has 0 aliphatic carbocycles. The minimum absolute atomic E-state index is 0.0871. The van der Waals surface area contributed by atoms with Crippen LogP contribution in [0.25, 0.3) is 11.1 Å². The summed E-state index contributed by atoms with van der Waals surface area (Å²) >= 11 is 6.80. The van der Waals surface area contributed by atoms with E-state index < -0.39 is 23.6 Å². The number of carbonyl (C=O) groups is 1. The SMILES string of the molecule is C=C[C@@](CO)(CNCc1cc(Cl)c(OCc2cccc(-c3cccc(OCCCN4CCC(O)(c5ccccc5)C4)c3C)c2C)cc1OCc1cncc(C#N)c1)C(=O)O. The first-order valence-corrected chi connectivity index (χ1v) is 20.3. The van der Waals surface area contributed by atoms with Crippen LogP contribution in [0.4, 0.5) is 0 Å². The molecule has 0 saturated carbocycles. The molecule has 1 aromatic heterocycles. The Morgan fingerprint density at radius 1 is 0.967 bits per heavy atom. The van der Waals surface area contributed by atoms with Crippen LogP contribution >= 0.6 is 11.6 Å². The van der Waals surface area contributed by atoms with Gasteiger partial charge in [-0.1, -0.05) is 78.3 Å². The van der Waals surface area contributed by atoms with Crippen LogP contribution in [0.1, 0.15) is 51.8 Å². The molecule has 1 unspecified atom stereocenters. The van der Waals surface area contributed by atoms with Gasteiger partial charge in [0, 0.05) is 62.3 Å². The Hall–Kier alpha value is -5.74. The van der Waals surface area contributed by atoms with Crippen molar-refractivity contribution in [1.29, 1.82) is 5.26 Å². The molecule has 1 fully saturated rings. The number of nitrogens with one attached hydrogen (secondary N) is 1. The second kappa shape index (κ2) is 20.0.